The Hall–Kier alpha value is -0.760. The van der Waals surface area contributed by atoms with Gasteiger partial charge in [-0.15, -0.1) is 0 Å². The van der Waals surface area contributed by atoms with E-state index in [0.717, 1.165) is 5.92 Å². The summed E-state index contributed by atoms with van der Waals surface area (Å²) in [7, 11) is 0. The van der Waals surface area contributed by atoms with Gasteiger partial charge in [0.15, 0.2) is 0 Å². The van der Waals surface area contributed by atoms with E-state index in [1.165, 1.54) is 32.5 Å². The van der Waals surface area contributed by atoms with E-state index in [9.17, 15) is 0 Å². The molecule has 0 radical (unpaired) electrons. The monoisotopic (exact) mass is 220 g/mol. The average molecular weight is 220 g/mol. The van der Waals surface area contributed by atoms with Gasteiger partial charge in [0.25, 0.3) is 0 Å². The molecule has 0 aromatic carbocycles. The number of likely N-dealkylation sites (tertiary alicyclic amines) is 1. The van der Waals surface area contributed by atoms with Crippen LogP contribution in [0.4, 0.5) is 0 Å². The second-order valence-corrected chi connectivity index (χ2v) is 6.00. The Morgan fingerprint density at radius 2 is 1.88 bits per heavy atom. The van der Waals surface area contributed by atoms with Crippen molar-refractivity contribution in [3.8, 4) is 0 Å². The molecule has 2 nitrogen and oxygen atoms in total. The summed E-state index contributed by atoms with van der Waals surface area (Å²) in [4.78, 5) is 2.63. The highest BCUT2D eigenvalue weighted by Crippen LogP contribution is 2.24. The average Bonchev–Trinajstić information content (AvgIpc) is 2.70. The van der Waals surface area contributed by atoms with Gasteiger partial charge in [0.2, 0.25) is 0 Å². The predicted octanol–water partition coefficient (Wildman–Crippen LogP) is 3.00. The summed E-state index contributed by atoms with van der Waals surface area (Å²) in [5.41, 5.74) is 0.329. The fourth-order valence-corrected chi connectivity index (χ4v) is 2.61. The number of piperidine rings is 1. The minimum absolute atomic E-state index is 0.329. The van der Waals surface area contributed by atoms with Crippen molar-refractivity contribution in [1.29, 1.82) is 0 Å². The fourth-order valence-electron chi connectivity index (χ4n) is 2.61. The largest absolute Gasteiger partial charge is 0.354 e. The Morgan fingerprint density at radius 3 is 2.50 bits per heavy atom. The first kappa shape index (κ1) is 11.7. The first-order valence-electron chi connectivity index (χ1n) is 6.41. The van der Waals surface area contributed by atoms with Crippen LogP contribution in [0.1, 0.15) is 33.6 Å². The highest BCUT2D eigenvalue weighted by atomic mass is 15.2. The summed E-state index contributed by atoms with van der Waals surface area (Å²) in [5.74, 6) is 0.820. The lowest BCUT2D eigenvalue weighted by atomic mass is 9.93. The molecule has 1 unspecified atom stereocenters. The van der Waals surface area contributed by atoms with Crippen LogP contribution in [0.2, 0.25) is 0 Å². The van der Waals surface area contributed by atoms with Crippen molar-refractivity contribution < 1.29 is 0 Å². The lowest BCUT2D eigenvalue weighted by Gasteiger charge is -2.41. The van der Waals surface area contributed by atoms with Crippen LogP contribution in [0.5, 0.6) is 0 Å². The van der Waals surface area contributed by atoms with E-state index < -0.39 is 0 Å². The summed E-state index contributed by atoms with van der Waals surface area (Å²) >= 11 is 0. The summed E-state index contributed by atoms with van der Waals surface area (Å²) in [6, 6.07) is 4.23. The third-order valence-electron chi connectivity index (χ3n) is 3.60. The predicted molar refractivity (Wildman–Crippen MR) is 68.5 cm³/mol. The molecule has 0 bridgehead atoms. The Morgan fingerprint density at radius 1 is 1.19 bits per heavy atom. The molecule has 1 aromatic rings. The van der Waals surface area contributed by atoms with Crippen LogP contribution >= 0.6 is 0 Å². The zero-order valence-corrected chi connectivity index (χ0v) is 10.8. The molecule has 1 fully saturated rings. The Bertz CT molecular complexity index is 308. The molecule has 0 saturated carbocycles. The molecule has 2 heteroatoms. The van der Waals surface area contributed by atoms with Gasteiger partial charge in [-0.2, -0.15) is 0 Å². The second-order valence-electron chi connectivity index (χ2n) is 6.00. The van der Waals surface area contributed by atoms with Gasteiger partial charge < -0.3 is 4.57 Å². The molecule has 2 heterocycles. The van der Waals surface area contributed by atoms with E-state index in [1.54, 1.807) is 0 Å². The van der Waals surface area contributed by atoms with Gasteiger partial charge >= 0.3 is 0 Å². The molecule has 2 rings (SSSR count). The van der Waals surface area contributed by atoms with Crippen LogP contribution < -0.4 is 0 Å². The number of hydrogen-bond donors (Lipinski definition) is 0. The molecule has 0 N–H and O–H groups in total. The van der Waals surface area contributed by atoms with E-state index in [4.69, 9.17) is 0 Å². The molecular formula is C14H24N2. The third-order valence-corrected chi connectivity index (χ3v) is 3.60. The molecule has 0 spiro atoms. The maximum absolute atomic E-state index is 2.63. The molecule has 1 aliphatic rings. The van der Waals surface area contributed by atoms with Gasteiger partial charge in [0, 0.05) is 31.0 Å². The zero-order chi connectivity index (χ0) is 11.6. The number of rotatable bonds is 2. The van der Waals surface area contributed by atoms with E-state index in [-0.39, 0.29) is 0 Å². The van der Waals surface area contributed by atoms with Crippen LogP contribution in [0.15, 0.2) is 24.5 Å². The van der Waals surface area contributed by atoms with Crippen LogP contribution in [-0.2, 0) is 6.54 Å². The number of nitrogens with zero attached hydrogens (tertiary/aromatic N) is 2. The molecule has 0 amide bonds. The highest BCUT2D eigenvalue weighted by molar-refractivity contribution is 4.91. The van der Waals surface area contributed by atoms with Crippen molar-refractivity contribution in [2.75, 3.05) is 13.1 Å². The molecule has 1 atom stereocenters. The normalized spacial score (nSPS) is 23.6. The maximum Gasteiger partial charge on any atom is 0.0260 e. The lowest BCUT2D eigenvalue weighted by molar-refractivity contribution is 0.0734. The number of hydrogen-bond acceptors (Lipinski definition) is 1. The van der Waals surface area contributed by atoms with Crippen LogP contribution in [0.25, 0.3) is 0 Å². The van der Waals surface area contributed by atoms with Gasteiger partial charge in [0.05, 0.1) is 0 Å². The zero-order valence-electron chi connectivity index (χ0n) is 10.8. The first-order chi connectivity index (χ1) is 7.55. The van der Waals surface area contributed by atoms with Crippen molar-refractivity contribution >= 4 is 0 Å². The van der Waals surface area contributed by atoms with E-state index in [1.807, 2.05) is 0 Å². The quantitative estimate of drug-likeness (QED) is 0.744. The van der Waals surface area contributed by atoms with Crippen molar-refractivity contribution in [2.45, 2.75) is 45.7 Å². The minimum atomic E-state index is 0.329. The smallest absolute Gasteiger partial charge is 0.0260 e. The van der Waals surface area contributed by atoms with Gasteiger partial charge in [0.1, 0.15) is 0 Å². The molecule has 1 saturated heterocycles. The summed E-state index contributed by atoms with van der Waals surface area (Å²) in [5, 5.41) is 0. The second kappa shape index (κ2) is 4.62. The molecular weight excluding hydrogens is 196 g/mol. The van der Waals surface area contributed by atoms with E-state index in [0.29, 0.717) is 5.54 Å². The van der Waals surface area contributed by atoms with E-state index >= 15 is 0 Å². The molecule has 90 valence electrons. The van der Waals surface area contributed by atoms with Crippen molar-refractivity contribution in [2.24, 2.45) is 5.92 Å². The number of aromatic nitrogens is 1. The van der Waals surface area contributed by atoms with Crippen LogP contribution in [0, 0.1) is 5.92 Å². The Labute approximate surface area is 99.3 Å². The summed E-state index contributed by atoms with van der Waals surface area (Å²) < 4.78 is 2.32. The van der Waals surface area contributed by atoms with Gasteiger partial charge in [-0.3, -0.25) is 4.90 Å². The van der Waals surface area contributed by atoms with Gasteiger partial charge in [-0.1, -0.05) is 0 Å². The summed E-state index contributed by atoms with van der Waals surface area (Å²) in [6.07, 6.45) is 7.08. The van der Waals surface area contributed by atoms with Crippen molar-refractivity contribution in [1.82, 2.24) is 9.47 Å². The Balaban J connectivity index is 1.92. The third kappa shape index (κ3) is 2.88. The van der Waals surface area contributed by atoms with E-state index in [2.05, 4.69) is 54.8 Å². The Kier molecular flexibility index (Phi) is 3.38. The molecule has 0 aliphatic carbocycles. The highest BCUT2D eigenvalue weighted by Gasteiger charge is 2.27. The van der Waals surface area contributed by atoms with Crippen molar-refractivity contribution in [3.05, 3.63) is 24.5 Å². The lowest BCUT2D eigenvalue weighted by Crippen LogP contribution is -2.47. The van der Waals surface area contributed by atoms with Crippen LogP contribution in [-0.4, -0.2) is 28.1 Å². The standard InChI is InChI=1S/C14H24N2/c1-14(2,3)16-10-6-7-13(12-16)11-15-8-4-5-9-15/h4-5,8-9,13H,6-7,10-12H2,1-3H3. The first-order valence-corrected chi connectivity index (χ1v) is 6.41. The fraction of sp³-hybridized carbons (Fsp3) is 0.714. The van der Waals surface area contributed by atoms with Gasteiger partial charge in [-0.05, 0) is 58.2 Å². The van der Waals surface area contributed by atoms with Crippen molar-refractivity contribution in [3.63, 3.8) is 0 Å². The van der Waals surface area contributed by atoms with Crippen LogP contribution in [0.3, 0.4) is 0 Å². The van der Waals surface area contributed by atoms with Gasteiger partial charge in [-0.25, -0.2) is 0 Å². The summed E-state index contributed by atoms with van der Waals surface area (Å²) in [6.45, 7) is 10.7. The topological polar surface area (TPSA) is 8.17 Å². The molecule has 1 aliphatic heterocycles. The molecule has 1 aromatic heterocycles. The maximum atomic E-state index is 2.63. The minimum Gasteiger partial charge on any atom is -0.354 e. The molecule has 16 heavy (non-hydrogen) atoms. The SMILES string of the molecule is CC(C)(C)N1CCCC(Cn2cccc2)C1.